The summed E-state index contributed by atoms with van der Waals surface area (Å²) < 4.78 is 0. The summed E-state index contributed by atoms with van der Waals surface area (Å²) in [6, 6.07) is 0.236. The summed E-state index contributed by atoms with van der Waals surface area (Å²) in [5.41, 5.74) is 5.80. The molecule has 0 bridgehead atoms. The molecule has 1 rings (SSSR count). The monoisotopic (exact) mass is 212 g/mol. The fourth-order valence-electron chi connectivity index (χ4n) is 2.32. The highest BCUT2D eigenvalue weighted by atomic mass is 16.1. The molecular weight excluding hydrogens is 188 g/mol. The minimum atomic E-state index is 0.236. The van der Waals surface area contributed by atoms with Crippen LogP contribution in [0.1, 0.15) is 39.5 Å². The van der Waals surface area contributed by atoms with Crippen molar-refractivity contribution in [2.75, 3.05) is 19.6 Å². The molecule has 0 aromatic carbocycles. The van der Waals surface area contributed by atoms with Gasteiger partial charge in [-0.05, 0) is 46.2 Å². The molecule has 2 unspecified atom stereocenters. The van der Waals surface area contributed by atoms with E-state index in [4.69, 9.17) is 5.73 Å². The molecule has 1 aliphatic rings. The van der Waals surface area contributed by atoms with Crippen LogP contribution in [0.15, 0.2) is 0 Å². The first-order valence-corrected chi connectivity index (χ1v) is 6.08. The van der Waals surface area contributed by atoms with Crippen LogP contribution >= 0.6 is 0 Å². The third-order valence-electron chi connectivity index (χ3n) is 3.19. The van der Waals surface area contributed by atoms with E-state index in [1.165, 1.54) is 12.8 Å². The molecule has 0 aromatic rings. The first-order chi connectivity index (χ1) is 7.09. The van der Waals surface area contributed by atoms with Gasteiger partial charge in [0.1, 0.15) is 5.78 Å². The highest BCUT2D eigenvalue weighted by Gasteiger charge is 2.18. The van der Waals surface area contributed by atoms with Crippen molar-refractivity contribution < 1.29 is 4.79 Å². The molecule has 0 saturated carbocycles. The average Bonchev–Trinajstić information content (AvgIpc) is 2.08. The van der Waals surface area contributed by atoms with Gasteiger partial charge in [0.25, 0.3) is 0 Å². The first-order valence-electron chi connectivity index (χ1n) is 6.08. The van der Waals surface area contributed by atoms with Crippen LogP contribution in [0.3, 0.4) is 0 Å². The normalized spacial score (nSPS) is 26.7. The van der Waals surface area contributed by atoms with Crippen molar-refractivity contribution in [3.8, 4) is 0 Å². The van der Waals surface area contributed by atoms with Gasteiger partial charge in [-0.15, -0.1) is 0 Å². The highest BCUT2D eigenvalue weighted by Crippen LogP contribution is 2.18. The summed E-state index contributed by atoms with van der Waals surface area (Å²) in [4.78, 5) is 13.8. The van der Waals surface area contributed by atoms with Crippen LogP contribution in [-0.2, 0) is 4.79 Å². The van der Waals surface area contributed by atoms with Crippen molar-refractivity contribution in [2.24, 2.45) is 11.7 Å². The largest absolute Gasteiger partial charge is 0.327 e. The van der Waals surface area contributed by atoms with Gasteiger partial charge in [-0.25, -0.2) is 0 Å². The molecule has 88 valence electrons. The van der Waals surface area contributed by atoms with E-state index >= 15 is 0 Å². The molecule has 0 aliphatic carbocycles. The van der Waals surface area contributed by atoms with E-state index in [1.807, 2.05) is 6.92 Å². The van der Waals surface area contributed by atoms with Crippen LogP contribution in [0.2, 0.25) is 0 Å². The van der Waals surface area contributed by atoms with Crippen LogP contribution in [0.5, 0.6) is 0 Å². The summed E-state index contributed by atoms with van der Waals surface area (Å²) in [7, 11) is 0. The lowest BCUT2D eigenvalue weighted by molar-refractivity contribution is -0.121. The molecule has 0 aromatic heterocycles. The third-order valence-corrected chi connectivity index (χ3v) is 3.19. The highest BCUT2D eigenvalue weighted by molar-refractivity contribution is 5.78. The Bertz CT molecular complexity index is 204. The number of ketones is 1. The zero-order valence-electron chi connectivity index (χ0n) is 10.0. The summed E-state index contributed by atoms with van der Waals surface area (Å²) in [5, 5.41) is 0. The predicted octanol–water partition coefficient (Wildman–Crippen LogP) is 1.41. The van der Waals surface area contributed by atoms with E-state index < -0.39 is 0 Å². The Balaban J connectivity index is 2.40. The topological polar surface area (TPSA) is 46.3 Å². The first kappa shape index (κ1) is 12.7. The number of hydrogen-bond acceptors (Lipinski definition) is 3. The Labute approximate surface area is 93.0 Å². The third kappa shape index (κ3) is 4.76. The number of rotatable bonds is 3. The Hall–Kier alpha value is -0.410. The second-order valence-electron chi connectivity index (χ2n) is 4.87. The van der Waals surface area contributed by atoms with Gasteiger partial charge in [0.05, 0.1) is 0 Å². The number of carbonyl (C=O) groups is 1. The minimum absolute atomic E-state index is 0.236. The van der Waals surface area contributed by atoms with Crippen molar-refractivity contribution in [1.29, 1.82) is 0 Å². The number of carbonyl (C=O) groups excluding carboxylic acids is 1. The molecule has 15 heavy (non-hydrogen) atoms. The van der Waals surface area contributed by atoms with Gasteiger partial charge >= 0.3 is 0 Å². The Morgan fingerprint density at radius 3 is 2.73 bits per heavy atom. The second kappa shape index (κ2) is 6.23. The average molecular weight is 212 g/mol. The fourth-order valence-corrected chi connectivity index (χ4v) is 2.32. The SMILES string of the molecule is CC(=O)C1CCCCN(CC(C)N)CC1. The standard InChI is InChI=1S/C12H24N2O/c1-10(13)9-14-7-4-3-5-12(6-8-14)11(2)15/h10,12H,3-9,13H2,1-2H3. The van der Waals surface area contributed by atoms with Gasteiger partial charge in [-0.3, -0.25) is 4.79 Å². The van der Waals surface area contributed by atoms with Crippen molar-refractivity contribution in [3.05, 3.63) is 0 Å². The quantitative estimate of drug-likeness (QED) is 0.769. The van der Waals surface area contributed by atoms with Crippen LogP contribution in [0.4, 0.5) is 0 Å². The smallest absolute Gasteiger partial charge is 0.132 e. The van der Waals surface area contributed by atoms with Crippen molar-refractivity contribution in [1.82, 2.24) is 4.90 Å². The molecule has 2 N–H and O–H groups in total. The maximum Gasteiger partial charge on any atom is 0.132 e. The van der Waals surface area contributed by atoms with Gasteiger partial charge in [0.2, 0.25) is 0 Å². The molecule has 1 aliphatic heterocycles. The summed E-state index contributed by atoms with van der Waals surface area (Å²) in [5.74, 6) is 0.651. The number of nitrogens with zero attached hydrogens (tertiary/aromatic N) is 1. The van der Waals surface area contributed by atoms with E-state index in [2.05, 4.69) is 4.90 Å². The van der Waals surface area contributed by atoms with Crippen molar-refractivity contribution >= 4 is 5.78 Å². The number of Topliss-reactive ketones (excluding diaryl/α,β-unsaturated/α-hetero) is 1. The van der Waals surface area contributed by atoms with Gasteiger partial charge in [0, 0.05) is 18.5 Å². The lowest BCUT2D eigenvalue weighted by Crippen LogP contribution is -2.38. The molecule has 1 fully saturated rings. The maximum atomic E-state index is 11.3. The summed E-state index contributed by atoms with van der Waals surface area (Å²) in [6.45, 7) is 6.91. The maximum absolute atomic E-state index is 11.3. The predicted molar refractivity (Wildman–Crippen MR) is 62.7 cm³/mol. The second-order valence-corrected chi connectivity index (χ2v) is 4.87. The lowest BCUT2D eigenvalue weighted by atomic mass is 9.93. The van der Waals surface area contributed by atoms with E-state index in [0.717, 1.165) is 32.5 Å². The Morgan fingerprint density at radius 1 is 1.40 bits per heavy atom. The molecular formula is C12H24N2O. The molecule has 3 nitrogen and oxygen atoms in total. The summed E-state index contributed by atoms with van der Waals surface area (Å²) >= 11 is 0. The molecule has 1 saturated heterocycles. The molecule has 3 heteroatoms. The van der Waals surface area contributed by atoms with Gasteiger partial charge in [-0.1, -0.05) is 6.42 Å². The van der Waals surface area contributed by atoms with Crippen LogP contribution in [0, 0.1) is 5.92 Å². The molecule has 0 radical (unpaired) electrons. The Kier molecular flexibility index (Phi) is 5.26. The van der Waals surface area contributed by atoms with Crippen LogP contribution in [0.25, 0.3) is 0 Å². The summed E-state index contributed by atoms with van der Waals surface area (Å²) in [6.07, 6.45) is 4.49. The molecule has 1 heterocycles. The van der Waals surface area contributed by atoms with Gasteiger partial charge < -0.3 is 10.6 Å². The number of nitrogens with two attached hydrogens (primary N) is 1. The van der Waals surface area contributed by atoms with Crippen LogP contribution < -0.4 is 5.73 Å². The molecule has 0 spiro atoms. The van der Waals surface area contributed by atoms with Crippen molar-refractivity contribution in [3.63, 3.8) is 0 Å². The van der Waals surface area contributed by atoms with E-state index in [-0.39, 0.29) is 6.04 Å². The minimum Gasteiger partial charge on any atom is -0.327 e. The lowest BCUT2D eigenvalue weighted by Gasteiger charge is -2.28. The number of hydrogen-bond donors (Lipinski definition) is 1. The van der Waals surface area contributed by atoms with Crippen molar-refractivity contribution in [2.45, 2.75) is 45.6 Å². The molecule has 0 amide bonds. The van der Waals surface area contributed by atoms with Gasteiger partial charge in [-0.2, -0.15) is 0 Å². The van der Waals surface area contributed by atoms with E-state index in [9.17, 15) is 4.79 Å². The van der Waals surface area contributed by atoms with E-state index in [0.29, 0.717) is 11.7 Å². The van der Waals surface area contributed by atoms with Crippen LogP contribution in [-0.4, -0.2) is 36.4 Å². The fraction of sp³-hybridized carbons (Fsp3) is 0.917. The number of likely N-dealkylation sites (tertiary alicyclic amines) is 1. The van der Waals surface area contributed by atoms with E-state index in [1.54, 1.807) is 6.92 Å². The molecule has 2 atom stereocenters. The zero-order valence-corrected chi connectivity index (χ0v) is 10.0. The Morgan fingerprint density at radius 2 is 2.13 bits per heavy atom. The van der Waals surface area contributed by atoms with Gasteiger partial charge in [0.15, 0.2) is 0 Å². The zero-order chi connectivity index (χ0) is 11.3.